The summed E-state index contributed by atoms with van der Waals surface area (Å²) in [4.78, 5) is 2.42. The molecule has 0 fully saturated rings. The predicted octanol–water partition coefficient (Wildman–Crippen LogP) is 17.5. The van der Waals surface area contributed by atoms with Crippen molar-refractivity contribution in [2.75, 3.05) is 4.90 Å². The van der Waals surface area contributed by atoms with Crippen LogP contribution >= 0.6 is 0 Å². The molecule has 13 aromatic rings. The number of benzene rings is 11. The lowest BCUT2D eigenvalue weighted by Gasteiger charge is -2.27. The molecule has 0 spiro atoms. The largest absolute Gasteiger partial charge is 0.310 e. The summed E-state index contributed by atoms with van der Waals surface area (Å²) in [5, 5.41) is 7.36. The van der Waals surface area contributed by atoms with Gasteiger partial charge < -0.3 is 14.0 Å². The van der Waals surface area contributed by atoms with Crippen LogP contribution in [-0.4, -0.2) is 9.13 Å². The normalized spacial score (nSPS) is 11.6. The van der Waals surface area contributed by atoms with Gasteiger partial charge in [0.25, 0.3) is 0 Å². The summed E-state index contributed by atoms with van der Waals surface area (Å²) in [6, 6.07) is 95.1. The molecular formula is C64H43N3. The highest BCUT2D eigenvalue weighted by molar-refractivity contribution is 6.21. The third kappa shape index (κ3) is 6.43. The Hall–Kier alpha value is -8.92. The van der Waals surface area contributed by atoms with Crippen LogP contribution in [0.5, 0.6) is 0 Å². The van der Waals surface area contributed by atoms with Gasteiger partial charge >= 0.3 is 0 Å². The van der Waals surface area contributed by atoms with Gasteiger partial charge in [0.15, 0.2) is 0 Å². The average Bonchev–Trinajstić information content (AvgIpc) is 3.94. The summed E-state index contributed by atoms with van der Waals surface area (Å²) < 4.78 is 4.91. The van der Waals surface area contributed by atoms with Crippen molar-refractivity contribution in [3.05, 3.63) is 261 Å². The molecule has 0 aliphatic carbocycles. The second-order valence-corrected chi connectivity index (χ2v) is 17.3. The second kappa shape index (κ2) is 16.0. The third-order valence-electron chi connectivity index (χ3n) is 13.4. The first-order valence-corrected chi connectivity index (χ1v) is 23.0. The summed E-state index contributed by atoms with van der Waals surface area (Å²) in [6.45, 7) is 0. The Morgan fingerprint density at radius 1 is 0.269 bits per heavy atom. The molecule has 0 radical (unpaired) electrons. The Kier molecular flexibility index (Phi) is 9.17. The molecule has 3 heteroatoms. The van der Waals surface area contributed by atoms with Gasteiger partial charge in [-0.3, -0.25) is 0 Å². The molecule has 11 aromatic carbocycles. The third-order valence-corrected chi connectivity index (χ3v) is 13.4. The van der Waals surface area contributed by atoms with E-state index in [9.17, 15) is 0 Å². The van der Waals surface area contributed by atoms with Gasteiger partial charge in [0.1, 0.15) is 0 Å². The molecule has 0 N–H and O–H groups in total. The molecule has 0 amide bonds. The van der Waals surface area contributed by atoms with Gasteiger partial charge in [-0.15, -0.1) is 0 Å². The summed E-state index contributed by atoms with van der Waals surface area (Å²) in [5.41, 5.74) is 17.2. The molecule has 0 atom stereocenters. The lowest BCUT2D eigenvalue weighted by Crippen LogP contribution is -2.10. The predicted molar refractivity (Wildman–Crippen MR) is 284 cm³/mol. The first-order chi connectivity index (χ1) is 33.3. The van der Waals surface area contributed by atoms with Gasteiger partial charge in [-0.2, -0.15) is 0 Å². The number of anilines is 3. The fraction of sp³-hybridized carbons (Fsp3) is 0. The second-order valence-electron chi connectivity index (χ2n) is 17.3. The Morgan fingerprint density at radius 3 is 1.57 bits per heavy atom. The molecule has 0 aliphatic heterocycles. The summed E-state index contributed by atoms with van der Waals surface area (Å²) in [7, 11) is 0. The lowest BCUT2D eigenvalue weighted by molar-refractivity contribution is 1.18. The zero-order valence-electron chi connectivity index (χ0n) is 36.7. The number of hydrogen-bond acceptors (Lipinski definition) is 1. The van der Waals surface area contributed by atoms with E-state index in [0.29, 0.717) is 0 Å². The minimum atomic E-state index is 1.07. The fourth-order valence-electron chi connectivity index (χ4n) is 10.5. The van der Waals surface area contributed by atoms with Crippen molar-refractivity contribution in [1.82, 2.24) is 9.13 Å². The Balaban J connectivity index is 1.14. The Bertz CT molecular complexity index is 3960. The molecule has 0 saturated carbocycles. The molecule has 0 aliphatic rings. The number of para-hydroxylation sites is 5. The molecule has 13 rings (SSSR count). The van der Waals surface area contributed by atoms with Crippen molar-refractivity contribution in [1.29, 1.82) is 0 Å². The van der Waals surface area contributed by atoms with E-state index in [1.54, 1.807) is 0 Å². The summed E-state index contributed by atoms with van der Waals surface area (Å²) in [6.07, 6.45) is 0. The molecule has 67 heavy (non-hydrogen) atoms. The minimum Gasteiger partial charge on any atom is -0.310 e. The molecule has 0 unspecified atom stereocenters. The Morgan fingerprint density at radius 2 is 0.791 bits per heavy atom. The highest BCUT2D eigenvalue weighted by Crippen LogP contribution is 2.47. The number of hydrogen-bond donors (Lipinski definition) is 0. The molecule has 2 heterocycles. The number of aromatic nitrogens is 2. The summed E-state index contributed by atoms with van der Waals surface area (Å²) in [5.74, 6) is 0. The van der Waals surface area contributed by atoms with E-state index in [0.717, 1.165) is 45.1 Å². The number of fused-ring (bicyclic) bond motifs is 8. The van der Waals surface area contributed by atoms with Crippen LogP contribution < -0.4 is 4.90 Å². The van der Waals surface area contributed by atoms with Crippen molar-refractivity contribution in [2.45, 2.75) is 0 Å². The van der Waals surface area contributed by atoms with Crippen LogP contribution in [0.4, 0.5) is 17.1 Å². The maximum absolute atomic E-state index is 2.50. The van der Waals surface area contributed by atoms with Gasteiger partial charge in [-0.1, -0.05) is 182 Å². The average molecular weight is 854 g/mol. The smallest absolute Gasteiger partial charge is 0.0619 e. The van der Waals surface area contributed by atoms with E-state index in [1.165, 1.54) is 71.1 Å². The van der Waals surface area contributed by atoms with Crippen LogP contribution in [0, 0.1) is 0 Å². The van der Waals surface area contributed by atoms with Crippen molar-refractivity contribution in [2.24, 2.45) is 0 Å². The van der Waals surface area contributed by atoms with Crippen LogP contribution in [0.2, 0.25) is 0 Å². The minimum absolute atomic E-state index is 1.07. The summed E-state index contributed by atoms with van der Waals surface area (Å²) >= 11 is 0. The monoisotopic (exact) mass is 853 g/mol. The molecule has 0 saturated heterocycles. The molecule has 314 valence electrons. The first kappa shape index (κ1) is 38.5. The maximum atomic E-state index is 2.50. The van der Waals surface area contributed by atoms with Gasteiger partial charge in [-0.05, 0) is 112 Å². The van der Waals surface area contributed by atoms with Crippen LogP contribution in [0.3, 0.4) is 0 Å². The quantitative estimate of drug-likeness (QED) is 0.148. The van der Waals surface area contributed by atoms with E-state index in [4.69, 9.17) is 0 Å². The van der Waals surface area contributed by atoms with Crippen molar-refractivity contribution in [3.8, 4) is 44.8 Å². The van der Waals surface area contributed by atoms with Crippen LogP contribution in [-0.2, 0) is 0 Å². The molecule has 0 bridgehead atoms. The standard InChI is InChI=1S/C64H43N3/c1-5-20-44(21-6-1)46-23-17-30-52(41-46)65(49-24-7-2-8-25-49)53-42-47(54-33-19-37-61-62(54)59-32-15-16-36-60(59)66(61)50-26-9-3-10-27-50)40-48(43-53)56-34-18-35-57-58-39-38-45-22-13-14-31-55(45)63(58)67(64(56)57)51-28-11-4-12-29-51/h1-43H. The first-order valence-electron chi connectivity index (χ1n) is 23.0. The van der Waals surface area contributed by atoms with Gasteiger partial charge in [0.05, 0.1) is 22.1 Å². The van der Waals surface area contributed by atoms with Crippen molar-refractivity contribution in [3.63, 3.8) is 0 Å². The van der Waals surface area contributed by atoms with Crippen LogP contribution in [0.1, 0.15) is 0 Å². The number of nitrogens with zero attached hydrogens (tertiary/aromatic N) is 3. The highest BCUT2D eigenvalue weighted by Gasteiger charge is 2.23. The Labute approximate surface area is 389 Å². The number of rotatable bonds is 8. The molecular weight excluding hydrogens is 811 g/mol. The van der Waals surface area contributed by atoms with E-state index < -0.39 is 0 Å². The van der Waals surface area contributed by atoms with E-state index >= 15 is 0 Å². The van der Waals surface area contributed by atoms with Crippen LogP contribution in [0.15, 0.2) is 261 Å². The highest BCUT2D eigenvalue weighted by atomic mass is 15.1. The van der Waals surface area contributed by atoms with E-state index in [1.807, 2.05) is 0 Å². The van der Waals surface area contributed by atoms with E-state index in [-0.39, 0.29) is 0 Å². The van der Waals surface area contributed by atoms with Crippen molar-refractivity contribution >= 4 is 71.4 Å². The lowest BCUT2D eigenvalue weighted by atomic mass is 9.93. The van der Waals surface area contributed by atoms with Gasteiger partial charge in [0, 0.05) is 60.9 Å². The van der Waals surface area contributed by atoms with Crippen molar-refractivity contribution < 1.29 is 0 Å². The zero-order valence-corrected chi connectivity index (χ0v) is 36.7. The van der Waals surface area contributed by atoms with Crippen LogP contribution in [0.25, 0.3) is 99.1 Å². The zero-order chi connectivity index (χ0) is 44.3. The van der Waals surface area contributed by atoms with Gasteiger partial charge in [-0.25, -0.2) is 0 Å². The topological polar surface area (TPSA) is 13.1 Å². The molecule has 2 aromatic heterocycles. The maximum Gasteiger partial charge on any atom is 0.0619 e. The fourth-order valence-corrected chi connectivity index (χ4v) is 10.5. The van der Waals surface area contributed by atoms with E-state index in [2.05, 4.69) is 275 Å². The SMILES string of the molecule is c1ccc(-c2cccc(N(c3ccccc3)c3cc(-c4cccc5c4c4ccccc4n5-c4ccccc4)cc(-c4cccc5c6ccc7ccccc7c6n(-c6ccccc6)c45)c3)c2)cc1. The molecule has 3 nitrogen and oxygen atoms in total. The van der Waals surface area contributed by atoms with Gasteiger partial charge in [0.2, 0.25) is 0 Å².